The highest BCUT2D eigenvalue weighted by Crippen LogP contribution is 2.29. The highest BCUT2D eigenvalue weighted by Gasteiger charge is 2.24. The minimum atomic E-state index is 0.244. The molecule has 3 aromatic rings. The monoisotopic (exact) mass is 377 g/mol. The van der Waals surface area contributed by atoms with Crippen LogP contribution in [0.1, 0.15) is 12.0 Å². The second kappa shape index (κ2) is 7.77. The van der Waals surface area contributed by atoms with Gasteiger partial charge in [-0.2, -0.15) is 5.10 Å². The summed E-state index contributed by atoms with van der Waals surface area (Å²) in [6.07, 6.45) is 6.12. The summed E-state index contributed by atoms with van der Waals surface area (Å²) in [5.41, 5.74) is 10.1. The fraction of sp³-hybridized carbons (Fsp3) is 0.300. The van der Waals surface area contributed by atoms with Gasteiger partial charge in [-0.05, 0) is 24.1 Å². The first-order chi connectivity index (χ1) is 13.7. The molecule has 0 saturated carbocycles. The van der Waals surface area contributed by atoms with Crippen LogP contribution in [0.3, 0.4) is 0 Å². The topological polar surface area (TPSA) is 105 Å². The number of rotatable bonds is 5. The van der Waals surface area contributed by atoms with Gasteiger partial charge in [-0.1, -0.05) is 6.07 Å². The number of ether oxygens (including phenoxy) is 1. The van der Waals surface area contributed by atoms with Crippen molar-refractivity contribution in [3.63, 3.8) is 0 Å². The molecule has 1 aromatic carbocycles. The van der Waals surface area contributed by atoms with E-state index < -0.39 is 0 Å². The molecule has 144 valence electrons. The van der Waals surface area contributed by atoms with Crippen molar-refractivity contribution in [3.05, 3.63) is 42.4 Å². The van der Waals surface area contributed by atoms with Crippen LogP contribution in [-0.4, -0.2) is 59.7 Å². The van der Waals surface area contributed by atoms with Crippen LogP contribution in [0.2, 0.25) is 0 Å². The van der Waals surface area contributed by atoms with Crippen molar-refractivity contribution in [1.82, 2.24) is 20.2 Å². The van der Waals surface area contributed by atoms with Crippen LogP contribution in [-0.2, 0) is 4.74 Å². The molecule has 1 atom stereocenters. The molecule has 1 saturated heterocycles. The lowest BCUT2D eigenvalue weighted by molar-refractivity contribution is 0.121. The number of nitrogens with zero attached hydrogens (tertiary/aromatic N) is 5. The zero-order valence-electron chi connectivity index (χ0n) is 16.0. The average Bonchev–Trinajstić information content (AvgIpc) is 3.38. The standard InChI is InChI=1S/C20H23N7O/c1-22-10-14(9-21)13-3-4-17-16(7-13)20(26-25-17)18-8-19(24-12-23-18)27-6-5-15(11-27)28-2/h3-4,7-10,12,15H,5-6,11,21H2,1-2H3,(H,25,26)/t15-/m0/s1. The molecule has 8 nitrogen and oxygen atoms in total. The van der Waals surface area contributed by atoms with Crippen molar-refractivity contribution in [2.24, 2.45) is 10.7 Å². The molecule has 8 heteroatoms. The Bertz CT molecular complexity index is 1040. The number of aromatic nitrogens is 4. The third-order valence-corrected chi connectivity index (χ3v) is 5.04. The van der Waals surface area contributed by atoms with Crippen LogP contribution in [0, 0.1) is 0 Å². The third kappa shape index (κ3) is 3.34. The number of aliphatic imine (C=N–C) groups is 1. The summed E-state index contributed by atoms with van der Waals surface area (Å²) in [5, 5.41) is 8.55. The number of methoxy groups -OCH3 is 1. The highest BCUT2D eigenvalue weighted by atomic mass is 16.5. The SMILES string of the molecule is CN=CC(=CN)c1ccc2[nH]nc(-c3cc(N4CC[C@H](OC)C4)ncn3)c2c1. The number of anilines is 1. The van der Waals surface area contributed by atoms with E-state index in [9.17, 15) is 0 Å². The molecule has 0 bridgehead atoms. The Hall–Kier alpha value is -3.26. The van der Waals surface area contributed by atoms with Crippen molar-refractivity contribution in [2.75, 3.05) is 32.1 Å². The number of allylic oxidation sites excluding steroid dienone is 1. The Morgan fingerprint density at radius 3 is 3.00 bits per heavy atom. The maximum Gasteiger partial charge on any atom is 0.132 e. The average molecular weight is 377 g/mol. The summed E-state index contributed by atoms with van der Waals surface area (Å²) in [7, 11) is 3.47. The number of benzene rings is 1. The highest BCUT2D eigenvalue weighted by molar-refractivity contribution is 6.11. The van der Waals surface area contributed by atoms with E-state index in [1.807, 2.05) is 24.3 Å². The maximum absolute atomic E-state index is 5.76. The van der Waals surface area contributed by atoms with Crippen LogP contribution in [0.5, 0.6) is 0 Å². The Labute approximate surface area is 163 Å². The predicted molar refractivity (Wildman–Crippen MR) is 111 cm³/mol. The molecular formula is C20H23N7O. The number of hydrogen-bond donors (Lipinski definition) is 2. The molecule has 28 heavy (non-hydrogen) atoms. The van der Waals surface area contributed by atoms with Gasteiger partial charge in [-0.25, -0.2) is 9.97 Å². The lowest BCUT2D eigenvalue weighted by atomic mass is 10.0. The molecule has 1 aliphatic rings. The van der Waals surface area contributed by atoms with Crippen molar-refractivity contribution in [3.8, 4) is 11.4 Å². The number of nitrogens with one attached hydrogen (secondary N) is 1. The Morgan fingerprint density at radius 2 is 2.25 bits per heavy atom. The first-order valence-electron chi connectivity index (χ1n) is 9.16. The van der Waals surface area contributed by atoms with E-state index in [4.69, 9.17) is 10.5 Å². The van der Waals surface area contributed by atoms with Crippen molar-refractivity contribution < 1.29 is 4.74 Å². The second-order valence-electron chi connectivity index (χ2n) is 6.70. The fourth-order valence-electron chi connectivity index (χ4n) is 3.52. The Morgan fingerprint density at radius 1 is 1.36 bits per heavy atom. The predicted octanol–water partition coefficient (Wildman–Crippen LogP) is 2.25. The van der Waals surface area contributed by atoms with E-state index in [2.05, 4.69) is 30.1 Å². The first-order valence-corrected chi connectivity index (χ1v) is 9.16. The van der Waals surface area contributed by atoms with Gasteiger partial charge >= 0.3 is 0 Å². The Balaban J connectivity index is 1.72. The van der Waals surface area contributed by atoms with Gasteiger partial charge in [0.1, 0.15) is 17.8 Å². The summed E-state index contributed by atoms with van der Waals surface area (Å²) < 4.78 is 5.46. The summed E-state index contributed by atoms with van der Waals surface area (Å²) in [4.78, 5) is 15.2. The molecule has 1 aliphatic heterocycles. The van der Waals surface area contributed by atoms with E-state index in [1.165, 1.54) is 0 Å². The number of aromatic amines is 1. The van der Waals surface area contributed by atoms with Gasteiger partial charge in [0.15, 0.2) is 0 Å². The molecule has 3 N–H and O–H groups in total. The van der Waals surface area contributed by atoms with Gasteiger partial charge < -0.3 is 15.4 Å². The number of fused-ring (bicyclic) bond motifs is 1. The number of nitrogens with two attached hydrogens (primary N) is 1. The minimum Gasteiger partial charge on any atom is -0.404 e. The van der Waals surface area contributed by atoms with Crippen LogP contribution in [0.25, 0.3) is 27.9 Å². The largest absolute Gasteiger partial charge is 0.404 e. The van der Waals surface area contributed by atoms with E-state index in [0.29, 0.717) is 0 Å². The quantitative estimate of drug-likeness (QED) is 0.661. The molecule has 0 spiro atoms. The molecule has 3 heterocycles. The van der Waals surface area contributed by atoms with Crippen molar-refractivity contribution in [2.45, 2.75) is 12.5 Å². The summed E-state index contributed by atoms with van der Waals surface area (Å²) >= 11 is 0. The van der Waals surface area contributed by atoms with Gasteiger partial charge in [0, 0.05) is 56.7 Å². The zero-order valence-corrected chi connectivity index (χ0v) is 16.0. The third-order valence-electron chi connectivity index (χ3n) is 5.04. The van der Waals surface area contributed by atoms with E-state index in [1.54, 1.807) is 32.9 Å². The molecule has 0 unspecified atom stereocenters. The van der Waals surface area contributed by atoms with Crippen molar-refractivity contribution in [1.29, 1.82) is 0 Å². The molecule has 0 radical (unpaired) electrons. The molecule has 2 aromatic heterocycles. The first kappa shape index (κ1) is 18.1. The molecule has 4 rings (SSSR count). The molecule has 0 aliphatic carbocycles. The zero-order chi connectivity index (χ0) is 19.5. The van der Waals surface area contributed by atoms with Crippen LogP contribution in [0.15, 0.2) is 41.8 Å². The summed E-state index contributed by atoms with van der Waals surface area (Å²) in [6.45, 7) is 1.75. The van der Waals surface area contributed by atoms with Crippen LogP contribution < -0.4 is 10.6 Å². The van der Waals surface area contributed by atoms with Crippen LogP contribution >= 0.6 is 0 Å². The number of hydrogen-bond acceptors (Lipinski definition) is 7. The summed E-state index contributed by atoms with van der Waals surface area (Å²) in [6, 6.07) is 8.01. The smallest absolute Gasteiger partial charge is 0.132 e. The van der Waals surface area contributed by atoms with Gasteiger partial charge in [0.25, 0.3) is 0 Å². The van der Waals surface area contributed by atoms with E-state index in [0.717, 1.165) is 58.8 Å². The lowest BCUT2D eigenvalue weighted by Gasteiger charge is -2.17. The van der Waals surface area contributed by atoms with Gasteiger partial charge in [-0.15, -0.1) is 0 Å². The second-order valence-corrected chi connectivity index (χ2v) is 6.70. The lowest BCUT2D eigenvalue weighted by Crippen LogP contribution is -2.23. The molecule has 0 amide bonds. The number of H-pyrrole nitrogens is 1. The summed E-state index contributed by atoms with van der Waals surface area (Å²) in [5.74, 6) is 0.887. The molecule has 1 fully saturated rings. The normalized spacial score (nSPS) is 17.9. The maximum atomic E-state index is 5.76. The fourth-order valence-corrected chi connectivity index (χ4v) is 3.52. The van der Waals surface area contributed by atoms with Gasteiger partial charge in [-0.3, -0.25) is 10.1 Å². The van der Waals surface area contributed by atoms with Gasteiger partial charge in [0.2, 0.25) is 0 Å². The van der Waals surface area contributed by atoms with Gasteiger partial charge in [0.05, 0.1) is 17.3 Å². The minimum absolute atomic E-state index is 0.244. The van der Waals surface area contributed by atoms with Crippen molar-refractivity contribution >= 4 is 28.5 Å². The van der Waals surface area contributed by atoms with Crippen LogP contribution in [0.4, 0.5) is 5.82 Å². The Kier molecular flexibility index (Phi) is 5.03. The van der Waals surface area contributed by atoms with E-state index >= 15 is 0 Å². The molecular weight excluding hydrogens is 354 g/mol. The van der Waals surface area contributed by atoms with E-state index in [-0.39, 0.29) is 6.10 Å².